The number of nitro benzene ring substituents is 1. The van der Waals surface area contributed by atoms with Crippen molar-refractivity contribution in [2.24, 2.45) is 5.92 Å². The van der Waals surface area contributed by atoms with Gasteiger partial charge in [-0.05, 0) is 50.6 Å². The molecule has 1 unspecified atom stereocenters. The second-order valence-corrected chi connectivity index (χ2v) is 13.7. The Labute approximate surface area is 344 Å². The number of non-ortho nitro benzene ring substituents is 1. The summed E-state index contributed by atoms with van der Waals surface area (Å²) in [6.07, 6.45) is -7.53. The predicted octanol–water partition coefficient (Wildman–Crippen LogP) is 3.31. The molecule has 330 valence electrons. The first-order valence-electron chi connectivity index (χ1n) is 18.4. The minimum Gasteiger partial charge on any atom is -0.467 e. The Bertz CT molecular complexity index is 1800. The molecule has 1 aliphatic rings. The highest BCUT2D eigenvalue weighted by Crippen LogP contribution is 2.34. The normalized spacial score (nSPS) is 18.6. The highest BCUT2D eigenvalue weighted by Gasteiger charge is 2.52. The zero-order valence-electron chi connectivity index (χ0n) is 34.1. The van der Waals surface area contributed by atoms with Crippen LogP contribution in [0.25, 0.3) is 0 Å². The first kappa shape index (κ1) is 48.3. The summed E-state index contributed by atoms with van der Waals surface area (Å²) in [4.78, 5) is 90.0. The monoisotopic (exact) mass is 851 g/mol. The van der Waals surface area contributed by atoms with E-state index in [9.17, 15) is 38.9 Å². The van der Waals surface area contributed by atoms with Gasteiger partial charge in [-0.1, -0.05) is 13.0 Å². The number of hydroxylamine groups is 1. The molecule has 60 heavy (non-hydrogen) atoms. The van der Waals surface area contributed by atoms with E-state index < -0.39 is 83.7 Å². The van der Waals surface area contributed by atoms with Crippen LogP contribution in [-0.2, 0) is 63.7 Å². The maximum absolute atomic E-state index is 13.6. The van der Waals surface area contributed by atoms with Gasteiger partial charge >= 0.3 is 30.2 Å². The molecule has 2 amide bonds. The van der Waals surface area contributed by atoms with Crippen LogP contribution >= 0.6 is 0 Å². The van der Waals surface area contributed by atoms with Crippen molar-refractivity contribution >= 4 is 41.8 Å². The zero-order chi connectivity index (χ0) is 44.4. The maximum atomic E-state index is 13.6. The highest BCUT2D eigenvalue weighted by atomic mass is 16.7. The number of benzene rings is 2. The van der Waals surface area contributed by atoms with E-state index in [1.807, 2.05) is 0 Å². The molecule has 0 bridgehead atoms. The fourth-order valence-electron chi connectivity index (χ4n) is 5.27. The van der Waals surface area contributed by atoms with Gasteiger partial charge in [0.25, 0.3) is 11.6 Å². The number of carbonyl (C=O) groups is 6. The molecule has 0 saturated carbocycles. The Kier molecular flexibility index (Phi) is 18.9. The fraction of sp³-hybridized carbons (Fsp3) is 0.526. The standard InChI is InChI=1S/C38H49N3O19/c1-22-30(55-23(2)42)32(56-24(3)43)35(59-31(22)34(45)50-7)58-29-13-8-25(21-53-37(47)57-27-11-9-26(10-12-27)41(48)49)20-28(29)33(44)39-14-15-51-16-17-52-18-19-54-40-36(46)60-38(4,5)6/h8-13,20,22,30-32,35H,14-19,21H2,1-7H3,(H,39,44)(H,40,46)/t22-,30?,31-,32+,35+/m0/s1. The molecule has 2 aromatic carbocycles. The van der Waals surface area contributed by atoms with Crippen molar-refractivity contribution in [3.8, 4) is 11.5 Å². The number of hydrogen-bond donors (Lipinski definition) is 2. The molecule has 0 aromatic heterocycles. The van der Waals surface area contributed by atoms with E-state index in [-0.39, 0.29) is 67.9 Å². The van der Waals surface area contributed by atoms with Crippen LogP contribution in [0.1, 0.15) is 57.5 Å². The average Bonchev–Trinajstić information content (AvgIpc) is 3.17. The number of nitrogens with zero attached hydrogens (tertiary/aromatic N) is 1. The zero-order valence-corrected chi connectivity index (χ0v) is 34.1. The number of hydrogen-bond acceptors (Lipinski definition) is 19. The summed E-state index contributed by atoms with van der Waals surface area (Å²) < 4.78 is 54.0. The SMILES string of the molecule is COC(=O)[C@H]1O[C@@H](Oc2ccc(COC(=O)Oc3ccc([N+](=O)[O-])cc3)cc2C(=O)NCCOCCOCCONC(=O)OC(C)(C)C)[C@H](OC(C)=O)C(OC(C)=O)[C@@H]1C. The van der Waals surface area contributed by atoms with Gasteiger partial charge in [0.05, 0.1) is 50.6 Å². The van der Waals surface area contributed by atoms with Gasteiger partial charge in [0.2, 0.25) is 12.4 Å². The van der Waals surface area contributed by atoms with Crippen molar-refractivity contribution < 1.29 is 85.9 Å². The molecule has 1 fully saturated rings. The van der Waals surface area contributed by atoms with E-state index in [1.165, 1.54) is 37.3 Å². The molecule has 1 saturated heterocycles. The van der Waals surface area contributed by atoms with E-state index in [2.05, 4.69) is 10.8 Å². The van der Waals surface area contributed by atoms with Crippen LogP contribution in [0.4, 0.5) is 15.3 Å². The van der Waals surface area contributed by atoms with Crippen molar-refractivity contribution in [1.29, 1.82) is 0 Å². The van der Waals surface area contributed by atoms with Crippen LogP contribution < -0.4 is 20.3 Å². The number of rotatable bonds is 20. The van der Waals surface area contributed by atoms with Crippen LogP contribution in [0.2, 0.25) is 0 Å². The van der Waals surface area contributed by atoms with Gasteiger partial charge in [-0.2, -0.15) is 5.48 Å². The molecule has 22 nitrogen and oxygen atoms in total. The summed E-state index contributed by atoms with van der Waals surface area (Å²) in [5.41, 5.74) is 1.38. The van der Waals surface area contributed by atoms with Gasteiger partial charge in [-0.15, -0.1) is 0 Å². The second-order valence-electron chi connectivity index (χ2n) is 13.7. The van der Waals surface area contributed by atoms with Crippen molar-refractivity contribution in [1.82, 2.24) is 10.8 Å². The van der Waals surface area contributed by atoms with Crippen LogP contribution in [0.5, 0.6) is 11.5 Å². The Morgan fingerprint density at radius 1 is 0.867 bits per heavy atom. The minimum atomic E-state index is -1.62. The molecular formula is C38H49N3O19. The third-order valence-corrected chi connectivity index (χ3v) is 7.83. The van der Waals surface area contributed by atoms with Crippen molar-refractivity contribution in [3.05, 3.63) is 63.7 Å². The topological polar surface area (TPSA) is 271 Å². The van der Waals surface area contributed by atoms with Gasteiger partial charge in [0.1, 0.15) is 23.7 Å². The molecule has 0 spiro atoms. The Balaban J connectivity index is 1.71. The molecule has 2 aromatic rings. The number of carbonyl (C=O) groups excluding carboxylic acids is 6. The van der Waals surface area contributed by atoms with Crippen LogP contribution in [0.15, 0.2) is 42.5 Å². The molecule has 1 heterocycles. The van der Waals surface area contributed by atoms with Crippen LogP contribution in [-0.4, -0.2) is 118 Å². The summed E-state index contributed by atoms with van der Waals surface area (Å²) in [6.45, 7) is 9.02. The lowest BCUT2D eigenvalue weighted by atomic mass is 9.90. The molecule has 0 radical (unpaired) electrons. The molecule has 1 aliphatic heterocycles. The van der Waals surface area contributed by atoms with E-state index in [4.69, 9.17) is 52.2 Å². The first-order chi connectivity index (χ1) is 28.4. The molecule has 22 heteroatoms. The summed E-state index contributed by atoms with van der Waals surface area (Å²) in [5, 5.41) is 13.6. The third-order valence-electron chi connectivity index (χ3n) is 7.83. The lowest BCUT2D eigenvalue weighted by molar-refractivity contribution is -0.384. The van der Waals surface area contributed by atoms with Crippen molar-refractivity contribution in [2.45, 2.75) is 78.4 Å². The molecule has 3 rings (SSSR count). The van der Waals surface area contributed by atoms with Crippen molar-refractivity contribution in [3.63, 3.8) is 0 Å². The molecule has 5 atom stereocenters. The summed E-state index contributed by atoms with van der Waals surface area (Å²) in [7, 11) is 1.12. The number of ether oxygens (including phenoxy) is 10. The molecule has 2 N–H and O–H groups in total. The van der Waals surface area contributed by atoms with Crippen LogP contribution in [0, 0.1) is 16.0 Å². The third kappa shape index (κ3) is 16.3. The number of esters is 3. The average molecular weight is 852 g/mol. The van der Waals surface area contributed by atoms with E-state index in [1.54, 1.807) is 20.8 Å². The predicted molar refractivity (Wildman–Crippen MR) is 201 cm³/mol. The Morgan fingerprint density at radius 3 is 2.12 bits per heavy atom. The van der Waals surface area contributed by atoms with Gasteiger partial charge in [-0.3, -0.25) is 29.3 Å². The van der Waals surface area contributed by atoms with Gasteiger partial charge in [0.15, 0.2) is 12.2 Å². The smallest absolute Gasteiger partial charge is 0.467 e. The summed E-state index contributed by atoms with van der Waals surface area (Å²) >= 11 is 0. The number of amides is 2. The van der Waals surface area contributed by atoms with E-state index in [0.717, 1.165) is 33.1 Å². The van der Waals surface area contributed by atoms with Crippen LogP contribution in [0.3, 0.4) is 0 Å². The molecule has 0 aliphatic carbocycles. The number of nitrogens with one attached hydrogen (secondary N) is 2. The fourth-order valence-corrected chi connectivity index (χ4v) is 5.27. The van der Waals surface area contributed by atoms with E-state index >= 15 is 0 Å². The Morgan fingerprint density at radius 2 is 1.50 bits per heavy atom. The lowest BCUT2D eigenvalue weighted by Gasteiger charge is -2.42. The molecular weight excluding hydrogens is 802 g/mol. The summed E-state index contributed by atoms with van der Waals surface area (Å²) in [6, 6.07) is 8.79. The maximum Gasteiger partial charge on any atom is 0.514 e. The minimum absolute atomic E-state index is 0.00403. The van der Waals surface area contributed by atoms with E-state index in [0.29, 0.717) is 0 Å². The largest absolute Gasteiger partial charge is 0.514 e. The first-order valence-corrected chi connectivity index (χ1v) is 18.4. The van der Waals surface area contributed by atoms with Gasteiger partial charge in [0, 0.05) is 38.4 Å². The quantitative estimate of drug-likeness (QED) is 0.0483. The highest BCUT2D eigenvalue weighted by molar-refractivity contribution is 5.97. The number of methoxy groups -OCH3 is 1. The van der Waals surface area contributed by atoms with Crippen molar-refractivity contribution in [2.75, 3.05) is 46.7 Å². The number of nitro groups is 1. The summed E-state index contributed by atoms with van der Waals surface area (Å²) in [5.74, 6) is -4.13. The van der Waals surface area contributed by atoms with Gasteiger partial charge < -0.3 is 52.7 Å². The lowest BCUT2D eigenvalue weighted by Crippen LogP contribution is -2.60. The van der Waals surface area contributed by atoms with Gasteiger partial charge in [-0.25, -0.2) is 14.4 Å². The second kappa shape index (κ2) is 23.5. The Hall–Kier alpha value is -6.10.